The number of hydrogen-bond donors (Lipinski definition) is 1. The summed E-state index contributed by atoms with van der Waals surface area (Å²) in [5.74, 6) is 0.200. The lowest BCUT2D eigenvalue weighted by Crippen LogP contribution is -2.08. The fourth-order valence-electron chi connectivity index (χ4n) is 1.09. The number of hydrogen-bond acceptors (Lipinski definition) is 4. The van der Waals surface area contributed by atoms with E-state index in [0.29, 0.717) is 17.1 Å². The molecule has 0 aliphatic rings. The van der Waals surface area contributed by atoms with E-state index < -0.39 is 0 Å². The zero-order valence-electron chi connectivity index (χ0n) is 7.48. The second-order valence-electron chi connectivity index (χ2n) is 3.04. The SMILES string of the molecule is CN(C)c1nc2cc(O)ccc2o1. The molecule has 1 N–H and O–H groups in total. The summed E-state index contributed by atoms with van der Waals surface area (Å²) in [4.78, 5) is 5.95. The van der Waals surface area contributed by atoms with Gasteiger partial charge in [0.2, 0.25) is 0 Å². The highest BCUT2D eigenvalue weighted by atomic mass is 16.4. The lowest BCUT2D eigenvalue weighted by atomic mass is 10.3. The number of anilines is 1. The number of aromatic hydroxyl groups is 1. The number of benzene rings is 1. The van der Waals surface area contributed by atoms with E-state index in [1.54, 1.807) is 23.1 Å². The molecule has 0 amide bonds. The minimum absolute atomic E-state index is 0.200. The largest absolute Gasteiger partial charge is 0.508 e. The van der Waals surface area contributed by atoms with Crippen LogP contribution >= 0.6 is 0 Å². The van der Waals surface area contributed by atoms with Gasteiger partial charge in [-0.1, -0.05) is 0 Å². The van der Waals surface area contributed by atoms with Crippen LogP contribution in [-0.4, -0.2) is 24.2 Å². The molecule has 0 bridgehead atoms. The number of oxazole rings is 1. The molecule has 2 rings (SSSR count). The zero-order chi connectivity index (χ0) is 9.42. The summed E-state index contributed by atoms with van der Waals surface area (Å²) >= 11 is 0. The van der Waals surface area contributed by atoms with Gasteiger partial charge in [-0.05, 0) is 12.1 Å². The van der Waals surface area contributed by atoms with E-state index in [1.807, 2.05) is 14.1 Å². The van der Waals surface area contributed by atoms with Crippen LogP contribution in [0.15, 0.2) is 22.6 Å². The molecule has 0 atom stereocenters. The summed E-state index contributed by atoms with van der Waals surface area (Å²) < 4.78 is 5.39. The Morgan fingerprint density at radius 2 is 2.15 bits per heavy atom. The third kappa shape index (κ3) is 1.30. The molecule has 1 aromatic heterocycles. The normalized spacial score (nSPS) is 10.6. The number of phenols is 1. The minimum atomic E-state index is 0.200. The van der Waals surface area contributed by atoms with Gasteiger partial charge in [-0.2, -0.15) is 4.98 Å². The van der Waals surface area contributed by atoms with Gasteiger partial charge in [0.25, 0.3) is 6.01 Å². The molecule has 0 saturated heterocycles. The molecule has 68 valence electrons. The maximum Gasteiger partial charge on any atom is 0.297 e. The molecule has 0 saturated carbocycles. The first-order valence-corrected chi connectivity index (χ1v) is 3.94. The Morgan fingerprint density at radius 3 is 2.85 bits per heavy atom. The van der Waals surface area contributed by atoms with Crippen LogP contribution < -0.4 is 4.90 Å². The molecule has 0 aliphatic carbocycles. The van der Waals surface area contributed by atoms with Gasteiger partial charge in [-0.3, -0.25) is 0 Å². The predicted molar refractivity (Wildman–Crippen MR) is 50.0 cm³/mol. The first-order valence-electron chi connectivity index (χ1n) is 3.94. The number of phenolic OH excluding ortho intramolecular Hbond substituents is 1. The zero-order valence-corrected chi connectivity index (χ0v) is 7.48. The second-order valence-corrected chi connectivity index (χ2v) is 3.04. The Bertz CT molecular complexity index is 434. The lowest BCUT2D eigenvalue weighted by Gasteiger charge is -2.03. The summed E-state index contributed by atoms with van der Waals surface area (Å²) in [5, 5.41) is 9.18. The highest BCUT2D eigenvalue weighted by molar-refractivity contribution is 5.76. The van der Waals surface area contributed by atoms with Gasteiger partial charge in [0.05, 0.1) is 0 Å². The Kier molecular flexibility index (Phi) is 1.62. The molecule has 0 aliphatic heterocycles. The molecular weight excluding hydrogens is 168 g/mol. The first kappa shape index (κ1) is 7.91. The summed E-state index contributed by atoms with van der Waals surface area (Å²) in [6.45, 7) is 0. The van der Waals surface area contributed by atoms with E-state index in [2.05, 4.69) is 4.98 Å². The maximum absolute atomic E-state index is 9.18. The molecule has 0 radical (unpaired) electrons. The maximum atomic E-state index is 9.18. The fourth-order valence-corrected chi connectivity index (χ4v) is 1.09. The van der Waals surface area contributed by atoms with E-state index >= 15 is 0 Å². The van der Waals surface area contributed by atoms with Gasteiger partial charge in [0, 0.05) is 20.2 Å². The van der Waals surface area contributed by atoms with Crippen LogP contribution in [0.1, 0.15) is 0 Å². The molecule has 0 spiro atoms. The van der Waals surface area contributed by atoms with Gasteiger partial charge in [0.1, 0.15) is 11.3 Å². The van der Waals surface area contributed by atoms with Crippen molar-refractivity contribution in [2.24, 2.45) is 0 Å². The standard InChI is InChI=1S/C9H10N2O2/c1-11(2)9-10-7-5-6(12)3-4-8(7)13-9/h3-5,12H,1-2H3. The van der Waals surface area contributed by atoms with E-state index in [0.717, 1.165) is 0 Å². The average molecular weight is 178 g/mol. The molecular formula is C9H10N2O2. The molecule has 1 aromatic carbocycles. The van der Waals surface area contributed by atoms with Crippen molar-refractivity contribution in [3.05, 3.63) is 18.2 Å². The topological polar surface area (TPSA) is 49.5 Å². The van der Waals surface area contributed by atoms with Crippen molar-refractivity contribution in [1.29, 1.82) is 0 Å². The molecule has 0 fully saturated rings. The Labute approximate surface area is 75.4 Å². The predicted octanol–water partition coefficient (Wildman–Crippen LogP) is 1.60. The van der Waals surface area contributed by atoms with Crippen molar-refractivity contribution in [3.63, 3.8) is 0 Å². The number of fused-ring (bicyclic) bond motifs is 1. The van der Waals surface area contributed by atoms with Crippen LogP contribution in [0.3, 0.4) is 0 Å². The molecule has 13 heavy (non-hydrogen) atoms. The summed E-state index contributed by atoms with van der Waals surface area (Å²) in [6, 6.07) is 5.39. The number of rotatable bonds is 1. The molecule has 2 aromatic rings. The quantitative estimate of drug-likeness (QED) is 0.720. The molecule has 1 heterocycles. The van der Waals surface area contributed by atoms with Crippen LogP contribution in [-0.2, 0) is 0 Å². The Balaban J connectivity index is 2.62. The van der Waals surface area contributed by atoms with Crippen LogP contribution in [0.5, 0.6) is 5.75 Å². The van der Waals surface area contributed by atoms with Crippen molar-refractivity contribution in [2.75, 3.05) is 19.0 Å². The minimum Gasteiger partial charge on any atom is -0.508 e. The van der Waals surface area contributed by atoms with Crippen LogP contribution in [0.2, 0.25) is 0 Å². The summed E-state index contributed by atoms with van der Waals surface area (Å²) in [7, 11) is 3.70. The van der Waals surface area contributed by atoms with Crippen molar-refractivity contribution >= 4 is 17.1 Å². The van der Waals surface area contributed by atoms with Gasteiger partial charge in [-0.25, -0.2) is 0 Å². The monoisotopic (exact) mass is 178 g/mol. The summed E-state index contributed by atoms with van der Waals surface area (Å²) in [6.07, 6.45) is 0. The van der Waals surface area contributed by atoms with Crippen molar-refractivity contribution in [3.8, 4) is 5.75 Å². The van der Waals surface area contributed by atoms with Crippen molar-refractivity contribution < 1.29 is 9.52 Å². The second kappa shape index (κ2) is 2.65. The highest BCUT2D eigenvalue weighted by Crippen LogP contribution is 2.23. The van der Waals surface area contributed by atoms with Crippen molar-refractivity contribution in [2.45, 2.75) is 0 Å². The van der Waals surface area contributed by atoms with Crippen LogP contribution in [0.25, 0.3) is 11.1 Å². The number of aromatic nitrogens is 1. The fraction of sp³-hybridized carbons (Fsp3) is 0.222. The van der Waals surface area contributed by atoms with Gasteiger partial charge >= 0.3 is 0 Å². The molecule has 4 heteroatoms. The van der Waals surface area contributed by atoms with Crippen LogP contribution in [0.4, 0.5) is 6.01 Å². The van der Waals surface area contributed by atoms with E-state index in [1.165, 1.54) is 0 Å². The van der Waals surface area contributed by atoms with Crippen molar-refractivity contribution in [1.82, 2.24) is 4.98 Å². The summed E-state index contributed by atoms with van der Waals surface area (Å²) in [5.41, 5.74) is 1.35. The highest BCUT2D eigenvalue weighted by Gasteiger charge is 2.06. The third-order valence-corrected chi connectivity index (χ3v) is 1.74. The van der Waals surface area contributed by atoms with E-state index in [4.69, 9.17) is 4.42 Å². The smallest absolute Gasteiger partial charge is 0.297 e. The van der Waals surface area contributed by atoms with Crippen LogP contribution in [0, 0.1) is 0 Å². The number of nitrogens with zero attached hydrogens (tertiary/aromatic N) is 2. The Hall–Kier alpha value is -1.71. The Morgan fingerprint density at radius 1 is 1.38 bits per heavy atom. The lowest BCUT2D eigenvalue weighted by molar-refractivity contribution is 0.476. The van der Waals surface area contributed by atoms with E-state index in [-0.39, 0.29) is 5.75 Å². The van der Waals surface area contributed by atoms with Gasteiger partial charge < -0.3 is 14.4 Å². The molecule has 0 unspecified atom stereocenters. The van der Waals surface area contributed by atoms with E-state index in [9.17, 15) is 5.11 Å². The third-order valence-electron chi connectivity index (χ3n) is 1.74. The molecule has 4 nitrogen and oxygen atoms in total. The van der Waals surface area contributed by atoms with Gasteiger partial charge in [0.15, 0.2) is 5.58 Å². The van der Waals surface area contributed by atoms with Gasteiger partial charge in [-0.15, -0.1) is 0 Å². The first-order chi connectivity index (χ1) is 6.16. The average Bonchev–Trinajstić information content (AvgIpc) is 2.46.